The number of hydrogen-bond acceptors (Lipinski definition) is 1. The minimum absolute atomic E-state index is 0.909. The van der Waals surface area contributed by atoms with Crippen LogP contribution in [0.15, 0.2) is 36.7 Å². The lowest BCUT2D eigenvalue weighted by atomic mass is 10.1. The molecule has 0 unspecified atom stereocenters. The summed E-state index contributed by atoms with van der Waals surface area (Å²) in [7, 11) is 0. The van der Waals surface area contributed by atoms with E-state index in [2.05, 4.69) is 53.7 Å². The van der Waals surface area contributed by atoms with E-state index in [-0.39, 0.29) is 0 Å². The molecule has 2 aromatic carbocycles. The number of nitrogens with zero attached hydrogens (tertiary/aromatic N) is 2. The van der Waals surface area contributed by atoms with E-state index in [0.29, 0.717) is 0 Å². The van der Waals surface area contributed by atoms with Crippen LogP contribution in [-0.4, -0.2) is 9.55 Å². The van der Waals surface area contributed by atoms with Crippen LogP contribution in [-0.2, 0) is 19.4 Å². The maximum Gasteiger partial charge on any atom is 0.0961 e. The quantitative estimate of drug-likeness (QED) is 0.686. The summed E-state index contributed by atoms with van der Waals surface area (Å²) in [6.07, 6.45) is 5.77. The number of hydrogen-bond donors (Lipinski definition) is 0. The van der Waals surface area contributed by atoms with Crippen molar-refractivity contribution in [1.82, 2.24) is 9.55 Å². The number of aryl methyl sites for hydroxylation is 4. The molecule has 1 aromatic heterocycles. The fourth-order valence-corrected chi connectivity index (χ4v) is 3.36. The van der Waals surface area contributed by atoms with Gasteiger partial charge in [-0.15, -0.1) is 0 Å². The highest BCUT2D eigenvalue weighted by atomic mass is 15.0. The Morgan fingerprint density at radius 3 is 2.71 bits per heavy atom. The Hall–Kier alpha value is -2.09. The topological polar surface area (TPSA) is 17.8 Å². The first-order valence-electron chi connectivity index (χ1n) is 7.73. The second kappa shape index (κ2) is 4.73. The smallest absolute Gasteiger partial charge is 0.0961 e. The van der Waals surface area contributed by atoms with E-state index in [1.54, 1.807) is 11.1 Å². The Morgan fingerprint density at radius 2 is 1.81 bits per heavy atom. The minimum Gasteiger partial charge on any atom is -0.326 e. The second-order valence-electron chi connectivity index (χ2n) is 6.25. The standard InChI is InChI=1S/C19H20N2/c1-13-8-18-19(9-14(13)2)21(12-20-18)11-15-6-7-16-4-3-5-17(16)10-15/h6-10,12H,3-5,11H2,1-2H3. The largest absolute Gasteiger partial charge is 0.326 e. The summed E-state index contributed by atoms with van der Waals surface area (Å²) < 4.78 is 2.26. The molecule has 1 aliphatic rings. The van der Waals surface area contributed by atoms with Gasteiger partial charge in [0.2, 0.25) is 0 Å². The fourth-order valence-electron chi connectivity index (χ4n) is 3.36. The van der Waals surface area contributed by atoms with Gasteiger partial charge in [0.05, 0.1) is 17.4 Å². The van der Waals surface area contributed by atoms with E-state index in [0.717, 1.165) is 12.1 Å². The van der Waals surface area contributed by atoms with Crippen LogP contribution >= 0.6 is 0 Å². The molecule has 0 saturated heterocycles. The lowest BCUT2D eigenvalue weighted by Gasteiger charge is -2.08. The predicted molar refractivity (Wildman–Crippen MR) is 86.8 cm³/mol. The van der Waals surface area contributed by atoms with Gasteiger partial charge in [0.1, 0.15) is 0 Å². The zero-order valence-corrected chi connectivity index (χ0v) is 12.7. The van der Waals surface area contributed by atoms with Crippen molar-refractivity contribution in [2.45, 2.75) is 39.7 Å². The third kappa shape index (κ3) is 2.15. The second-order valence-corrected chi connectivity index (χ2v) is 6.25. The van der Waals surface area contributed by atoms with Crippen molar-refractivity contribution in [3.8, 4) is 0 Å². The van der Waals surface area contributed by atoms with E-state index >= 15 is 0 Å². The molecule has 0 spiro atoms. The first-order chi connectivity index (χ1) is 10.2. The molecule has 0 saturated carbocycles. The van der Waals surface area contributed by atoms with Gasteiger partial charge in [0.25, 0.3) is 0 Å². The van der Waals surface area contributed by atoms with Crippen LogP contribution in [0.3, 0.4) is 0 Å². The third-order valence-electron chi connectivity index (χ3n) is 4.75. The molecule has 106 valence electrons. The molecule has 3 aromatic rings. The molecule has 1 aliphatic carbocycles. The van der Waals surface area contributed by atoms with Gasteiger partial charge in [-0.2, -0.15) is 0 Å². The summed E-state index contributed by atoms with van der Waals surface area (Å²) in [6.45, 7) is 5.22. The molecule has 1 heterocycles. The summed E-state index contributed by atoms with van der Waals surface area (Å²) in [6, 6.07) is 11.4. The summed E-state index contributed by atoms with van der Waals surface area (Å²) in [5.74, 6) is 0. The monoisotopic (exact) mass is 276 g/mol. The van der Waals surface area contributed by atoms with Crippen molar-refractivity contribution >= 4 is 11.0 Å². The van der Waals surface area contributed by atoms with Crippen molar-refractivity contribution in [2.24, 2.45) is 0 Å². The highest BCUT2D eigenvalue weighted by molar-refractivity contribution is 5.77. The van der Waals surface area contributed by atoms with Gasteiger partial charge in [0.15, 0.2) is 0 Å². The van der Waals surface area contributed by atoms with Crippen LogP contribution in [0.1, 0.15) is 34.2 Å². The minimum atomic E-state index is 0.909. The van der Waals surface area contributed by atoms with Crippen molar-refractivity contribution in [2.75, 3.05) is 0 Å². The molecule has 0 N–H and O–H groups in total. The third-order valence-corrected chi connectivity index (χ3v) is 4.75. The van der Waals surface area contributed by atoms with Gasteiger partial charge >= 0.3 is 0 Å². The number of benzene rings is 2. The highest BCUT2D eigenvalue weighted by Crippen LogP contribution is 2.24. The Balaban J connectivity index is 1.72. The average Bonchev–Trinajstić information content (AvgIpc) is 3.07. The SMILES string of the molecule is Cc1cc2ncn(Cc3ccc4c(c3)CCC4)c2cc1C. The summed E-state index contributed by atoms with van der Waals surface area (Å²) in [5, 5.41) is 0. The molecule has 21 heavy (non-hydrogen) atoms. The van der Waals surface area contributed by atoms with Gasteiger partial charge in [-0.05, 0) is 73.1 Å². The molecule has 0 aliphatic heterocycles. The number of fused-ring (bicyclic) bond motifs is 2. The highest BCUT2D eigenvalue weighted by Gasteiger charge is 2.11. The van der Waals surface area contributed by atoms with E-state index in [4.69, 9.17) is 0 Å². The molecule has 2 heteroatoms. The van der Waals surface area contributed by atoms with Crippen LogP contribution in [0.4, 0.5) is 0 Å². The van der Waals surface area contributed by atoms with Crippen molar-refractivity contribution < 1.29 is 0 Å². The molecular formula is C19H20N2. The predicted octanol–water partition coefficient (Wildman–Crippen LogP) is 4.19. The Morgan fingerprint density at radius 1 is 1.00 bits per heavy atom. The molecule has 2 nitrogen and oxygen atoms in total. The maximum absolute atomic E-state index is 4.55. The zero-order valence-electron chi connectivity index (χ0n) is 12.7. The van der Waals surface area contributed by atoms with Crippen molar-refractivity contribution in [1.29, 1.82) is 0 Å². The first kappa shape index (κ1) is 12.6. The lowest BCUT2D eigenvalue weighted by molar-refractivity contribution is 0.822. The normalized spacial score (nSPS) is 13.8. The molecule has 0 amide bonds. The number of rotatable bonds is 2. The first-order valence-corrected chi connectivity index (χ1v) is 7.73. The van der Waals surface area contributed by atoms with Gasteiger partial charge in [0, 0.05) is 6.54 Å². The van der Waals surface area contributed by atoms with Gasteiger partial charge in [-0.1, -0.05) is 18.2 Å². The average molecular weight is 276 g/mol. The van der Waals surface area contributed by atoms with E-state index < -0.39 is 0 Å². The van der Waals surface area contributed by atoms with E-state index in [9.17, 15) is 0 Å². The fraction of sp³-hybridized carbons (Fsp3) is 0.316. The molecule has 0 fully saturated rings. The van der Waals surface area contributed by atoms with Gasteiger partial charge in [-0.3, -0.25) is 0 Å². The number of aromatic nitrogens is 2. The summed E-state index contributed by atoms with van der Waals surface area (Å²) in [4.78, 5) is 4.55. The number of imidazole rings is 1. The summed E-state index contributed by atoms with van der Waals surface area (Å²) >= 11 is 0. The van der Waals surface area contributed by atoms with Crippen molar-refractivity contribution in [3.63, 3.8) is 0 Å². The van der Waals surface area contributed by atoms with Crippen LogP contribution in [0.25, 0.3) is 11.0 Å². The van der Waals surface area contributed by atoms with E-state index in [1.807, 2.05) is 6.33 Å². The van der Waals surface area contributed by atoms with Crippen molar-refractivity contribution in [3.05, 3.63) is 64.5 Å². The molecule has 0 atom stereocenters. The Bertz CT molecular complexity index is 827. The Kier molecular flexibility index (Phi) is 2.85. The van der Waals surface area contributed by atoms with Gasteiger partial charge < -0.3 is 4.57 Å². The van der Waals surface area contributed by atoms with Crippen LogP contribution in [0.5, 0.6) is 0 Å². The zero-order chi connectivity index (χ0) is 14.4. The molecule has 0 radical (unpaired) electrons. The van der Waals surface area contributed by atoms with Crippen LogP contribution in [0, 0.1) is 13.8 Å². The van der Waals surface area contributed by atoms with Gasteiger partial charge in [-0.25, -0.2) is 4.98 Å². The van der Waals surface area contributed by atoms with Crippen LogP contribution < -0.4 is 0 Å². The molecular weight excluding hydrogens is 256 g/mol. The lowest BCUT2D eigenvalue weighted by Crippen LogP contribution is -1.99. The Labute approximate surface area is 125 Å². The maximum atomic E-state index is 4.55. The summed E-state index contributed by atoms with van der Waals surface area (Å²) in [5.41, 5.74) is 9.44. The molecule has 4 rings (SSSR count). The van der Waals surface area contributed by atoms with Crippen LogP contribution in [0.2, 0.25) is 0 Å². The van der Waals surface area contributed by atoms with E-state index in [1.165, 1.54) is 41.5 Å². The molecule has 0 bridgehead atoms.